The van der Waals surface area contributed by atoms with Crippen molar-refractivity contribution >= 4 is 23.5 Å². The highest BCUT2D eigenvalue weighted by atomic mass is 32.2. The van der Waals surface area contributed by atoms with Crippen molar-refractivity contribution in [2.24, 2.45) is 0 Å². The van der Waals surface area contributed by atoms with Crippen LogP contribution in [0.2, 0.25) is 0 Å². The highest BCUT2D eigenvalue weighted by Crippen LogP contribution is 2.24. The molecular weight excluding hydrogens is 300 g/mol. The second-order valence-corrected chi connectivity index (χ2v) is 6.20. The van der Waals surface area contributed by atoms with E-state index in [-0.39, 0.29) is 11.2 Å². The molecule has 5 nitrogen and oxygen atoms in total. The Hall–Kier alpha value is -1.79. The molecule has 0 aliphatic heterocycles. The van der Waals surface area contributed by atoms with Crippen LogP contribution in [0, 0.1) is 6.92 Å². The largest absolute Gasteiger partial charge is 0.388 e. The second-order valence-electron chi connectivity index (χ2n) is 4.97. The molecule has 0 radical (unpaired) electrons. The number of carbonyl (C=O) groups excluding carboxylic acids is 1. The monoisotopic (exact) mass is 320 g/mol. The van der Waals surface area contributed by atoms with Gasteiger partial charge in [0.15, 0.2) is 5.82 Å². The predicted molar refractivity (Wildman–Crippen MR) is 87.8 cm³/mol. The molecule has 1 heterocycles. The lowest BCUT2D eigenvalue weighted by Gasteiger charge is -2.16. The molecule has 2 N–H and O–H groups in total. The first kappa shape index (κ1) is 16.6. The van der Waals surface area contributed by atoms with E-state index in [1.165, 1.54) is 11.8 Å². The van der Waals surface area contributed by atoms with Crippen LogP contribution in [0.25, 0.3) is 0 Å². The summed E-state index contributed by atoms with van der Waals surface area (Å²) in [5, 5.41) is 16.4. The molecular formula is C16H20N2O3S. The fraction of sp³-hybridized carbons (Fsp3) is 0.375. The van der Waals surface area contributed by atoms with Crippen LogP contribution in [0.1, 0.15) is 30.8 Å². The van der Waals surface area contributed by atoms with Gasteiger partial charge in [0.05, 0.1) is 11.4 Å². The van der Waals surface area contributed by atoms with Crippen LogP contribution in [0.4, 0.5) is 5.82 Å². The van der Waals surface area contributed by atoms with E-state index < -0.39 is 6.10 Å². The average molecular weight is 320 g/mol. The lowest BCUT2D eigenvalue weighted by molar-refractivity contribution is -0.115. The van der Waals surface area contributed by atoms with E-state index in [2.05, 4.69) is 10.5 Å². The van der Waals surface area contributed by atoms with Crippen molar-refractivity contribution in [3.05, 3.63) is 47.7 Å². The van der Waals surface area contributed by atoms with Gasteiger partial charge in [-0.05, 0) is 18.9 Å². The van der Waals surface area contributed by atoms with Crippen molar-refractivity contribution in [1.82, 2.24) is 5.16 Å². The van der Waals surface area contributed by atoms with Gasteiger partial charge in [0, 0.05) is 11.8 Å². The highest BCUT2D eigenvalue weighted by Gasteiger charge is 2.20. The third-order valence-electron chi connectivity index (χ3n) is 3.18. The van der Waals surface area contributed by atoms with Crippen molar-refractivity contribution in [2.45, 2.75) is 31.6 Å². The number of benzene rings is 1. The van der Waals surface area contributed by atoms with Gasteiger partial charge >= 0.3 is 0 Å². The number of carbonyl (C=O) groups is 1. The molecule has 0 saturated carbocycles. The Morgan fingerprint density at radius 1 is 1.41 bits per heavy atom. The van der Waals surface area contributed by atoms with Crippen LogP contribution in [-0.2, 0) is 4.79 Å². The zero-order valence-electron chi connectivity index (χ0n) is 12.7. The highest BCUT2D eigenvalue weighted by molar-refractivity contribution is 8.00. The van der Waals surface area contributed by atoms with Gasteiger partial charge in [0.2, 0.25) is 5.91 Å². The Kier molecular flexibility index (Phi) is 6.03. The number of hydrogen-bond donors (Lipinski definition) is 2. The molecule has 2 unspecified atom stereocenters. The maximum atomic E-state index is 12.2. The molecule has 1 aromatic carbocycles. The summed E-state index contributed by atoms with van der Waals surface area (Å²) in [6.45, 7) is 3.71. The number of aliphatic hydroxyl groups excluding tert-OH is 1. The van der Waals surface area contributed by atoms with E-state index in [0.29, 0.717) is 23.8 Å². The van der Waals surface area contributed by atoms with Gasteiger partial charge in [-0.3, -0.25) is 4.79 Å². The first-order valence-corrected chi connectivity index (χ1v) is 8.23. The fourth-order valence-corrected chi connectivity index (χ4v) is 3.04. The lowest BCUT2D eigenvalue weighted by Crippen LogP contribution is -2.25. The first-order valence-electron chi connectivity index (χ1n) is 7.19. The van der Waals surface area contributed by atoms with Gasteiger partial charge in [0.1, 0.15) is 5.76 Å². The molecule has 0 spiro atoms. The van der Waals surface area contributed by atoms with Gasteiger partial charge in [-0.25, -0.2) is 0 Å². The van der Waals surface area contributed by atoms with Crippen LogP contribution in [0.15, 0.2) is 40.9 Å². The minimum absolute atomic E-state index is 0.124. The number of anilines is 1. The van der Waals surface area contributed by atoms with Crippen molar-refractivity contribution in [3.63, 3.8) is 0 Å². The van der Waals surface area contributed by atoms with Crippen LogP contribution in [0.5, 0.6) is 0 Å². The number of amides is 1. The molecule has 0 bridgehead atoms. The van der Waals surface area contributed by atoms with Crippen molar-refractivity contribution in [1.29, 1.82) is 0 Å². The van der Waals surface area contributed by atoms with Gasteiger partial charge in [-0.2, -0.15) is 0 Å². The standard InChI is InChI=1S/C16H20N2O3S/c1-3-14(16(20)17-15-9-11(2)21-18-15)22-10-13(19)12-7-5-4-6-8-12/h4-9,13-14,19H,3,10H2,1-2H3,(H,17,18,20). The summed E-state index contributed by atoms with van der Waals surface area (Å²) < 4.78 is 4.92. The maximum Gasteiger partial charge on any atom is 0.238 e. The Morgan fingerprint density at radius 2 is 2.14 bits per heavy atom. The van der Waals surface area contributed by atoms with Crippen molar-refractivity contribution in [2.75, 3.05) is 11.1 Å². The van der Waals surface area contributed by atoms with Crippen LogP contribution < -0.4 is 5.32 Å². The first-order chi connectivity index (χ1) is 10.6. The zero-order chi connectivity index (χ0) is 15.9. The Balaban J connectivity index is 1.87. The third-order valence-corrected chi connectivity index (χ3v) is 4.64. The van der Waals surface area contributed by atoms with E-state index in [4.69, 9.17) is 4.52 Å². The van der Waals surface area contributed by atoms with Gasteiger partial charge in [-0.15, -0.1) is 11.8 Å². The Bertz CT molecular complexity index is 600. The zero-order valence-corrected chi connectivity index (χ0v) is 13.5. The molecule has 118 valence electrons. The molecule has 1 aromatic heterocycles. The quantitative estimate of drug-likeness (QED) is 0.819. The molecule has 2 aromatic rings. The maximum absolute atomic E-state index is 12.2. The van der Waals surface area contributed by atoms with E-state index >= 15 is 0 Å². The topological polar surface area (TPSA) is 75.4 Å². The number of thioether (sulfide) groups is 1. The lowest BCUT2D eigenvalue weighted by atomic mass is 10.1. The van der Waals surface area contributed by atoms with Crippen molar-refractivity contribution in [3.8, 4) is 0 Å². The smallest absolute Gasteiger partial charge is 0.238 e. The number of rotatable bonds is 7. The predicted octanol–water partition coefficient (Wildman–Crippen LogP) is 3.17. The van der Waals surface area contributed by atoms with E-state index in [1.807, 2.05) is 37.3 Å². The van der Waals surface area contributed by atoms with Gasteiger partial charge < -0.3 is 14.9 Å². The minimum Gasteiger partial charge on any atom is -0.388 e. The van der Waals surface area contributed by atoms with Crippen LogP contribution in [0.3, 0.4) is 0 Å². The summed E-state index contributed by atoms with van der Waals surface area (Å²) >= 11 is 1.44. The minimum atomic E-state index is -0.581. The second kappa shape index (κ2) is 8.00. The number of nitrogens with zero attached hydrogens (tertiary/aromatic N) is 1. The molecule has 2 atom stereocenters. The summed E-state index contributed by atoms with van der Waals surface area (Å²) in [7, 11) is 0. The number of aromatic nitrogens is 1. The van der Waals surface area contributed by atoms with Gasteiger partial charge in [-0.1, -0.05) is 42.4 Å². The number of aliphatic hydroxyl groups is 1. The Morgan fingerprint density at radius 3 is 2.73 bits per heavy atom. The molecule has 0 fully saturated rings. The van der Waals surface area contributed by atoms with E-state index in [0.717, 1.165) is 5.56 Å². The summed E-state index contributed by atoms with van der Waals surface area (Å²) in [6, 6.07) is 11.1. The summed E-state index contributed by atoms with van der Waals surface area (Å²) in [4.78, 5) is 12.2. The summed E-state index contributed by atoms with van der Waals surface area (Å²) in [5.41, 5.74) is 0.859. The number of nitrogens with one attached hydrogen (secondary N) is 1. The van der Waals surface area contributed by atoms with E-state index in [1.54, 1.807) is 13.0 Å². The Labute approximate surface area is 134 Å². The molecule has 0 aliphatic carbocycles. The normalized spacial score (nSPS) is 13.6. The molecule has 0 saturated heterocycles. The van der Waals surface area contributed by atoms with Gasteiger partial charge in [0.25, 0.3) is 0 Å². The third kappa shape index (κ3) is 4.61. The van der Waals surface area contributed by atoms with Crippen molar-refractivity contribution < 1.29 is 14.4 Å². The number of aryl methyl sites for hydroxylation is 1. The molecule has 0 aliphatic rings. The molecule has 22 heavy (non-hydrogen) atoms. The van der Waals surface area contributed by atoms with Crippen LogP contribution >= 0.6 is 11.8 Å². The number of hydrogen-bond acceptors (Lipinski definition) is 5. The molecule has 6 heteroatoms. The molecule has 2 rings (SSSR count). The molecule has 1 amide bonds. The SMILES string of the molecule is CCC(SCC(O)c1ccccc1)C(=O)Nc1cc(C)on1. The van der Waals surface area contributed by atoms with Crippen LogP contribution in [-0.4, -0.2) is 27.2 Å². The summed E-state index contributed by atoms with van der Waals surface area (Å²) in [5.74, 6) is 1.41. The fourth-order valence-electron chi connectivity index (χ4n) is 1.99. The van der Waals surface area contributed by atoms with E-state index in [9.17, 15) is 9.90 Å². The average Bonchev–Trinajstić information content (AvgIpc) is 2.93. The summed E-state index contributed by atoms with van der Waals surface area (Å²) in [6.07, 6.45) is 0.0943.